The molecule has 0 saturated heterocycles. The van der Waals surface area contributed by atoms with Gasteiger partial charge in [0.2, 0.25) is 11.8 Å². The van der Waals surface area contributed by atoms with Gasteiger partial charge in [0.15, 0.2) is 0 Å². The highest BCUT2D eigenvalue weighted by Crippen LogP contribution is 2.28. The maximum atomic E-state index is 13.9. The number of hydrogen-bond donors (Lipinski definition) is 1. The van der Waals surface area contributed by atoms with Crippen LogP contribution in [-0.4, -0.2) is 50.9 Å². The van der Waals surface area contributed by atoms with Gasteiger partial charge in [-0.05, 0) is 56.7 Å². The summed E-state index contributed by atoms with van der Waals surface area (Å²) in [6, 6.07) is 20.3. The van der Waals surface area contributed by atoms with E-state index >= 15 is 0 Å². The number of carbonyl (C=O) groups excluding carboxylic acids is 2. The zero-order chi connectivity index (χ0) is 27.9. The topological polar surface area (TPSA) is 96.0 Å². The summed E-state index contributed by atoms with van der Waals surface area (Å²) in [5, 5.41) is 3.25. The number of methoxy groups -OCH3 is 1. The zero-order valence-electron chi connectivity index (χ0n) is 21.8. The highest BCUT2D eigenvalue weighted by molar-refractivity contribution is 7.92. The van der Waals surface area contributed by atoms with E-state index in [4.69, 9.17) is 16.3 Å². The van der Waals surface area contributed by atoms with Crippen LogP contribution < -0.4 is 14.4 Å². The van der Waals surface area contributed by atoms with E-state index in [1.165, 1.54) is 24.1 Å². The summed E-state index contributed by atoms with van der Waals surface area (Å²) in [5.74, 6) is -0.501. The largest absolute Gasteiger partial charge is 0.497 e. The predicted molar refractivity (Wildman–Crippen MR) is 149 cm³/mol. The van der Waals surface area contributed by atoms with Gasteiger partial charge in [-0.2, -0.15) is 0 Å². The molecule has 0 heterocycles. The SMILES string of the molecule is COc1cccc(N(CC(=O)N(Cc2ccccc2Cl)[C@@H](C)C(=O)NC(C)C)S(=O)(=O)c2ccccc2)c1. The van der Waals surface area contributed by atoms with Crippen LogP contribution in [0.15, 0.2) is 83.8 Å². The second kappa shape index (κ2) is 12.8. The van der Waals surface area contributed by atoms with Crippen LogP contribution in [0.3, 0.4) is 0 Å². The van der Waals surface area contributed by atoms with Crippen LogP contribution >= 0.6 is 11.6 Å². The summed E-state index contributed by atoms with van der Waals surface area (Å²) < 4.78 is 33.9. The summed E-state index contributed by atoms with van der Waals surface area (Å²) in [5.41, 5.74) is 0.879. The second-order valence-electron chi connectivity index (χ2n) is 8.98. The number of sulfonamides is 1. The van der Waals surface area contributed by atoms with E-state index in [1.54, 1.807) is 73.7 Å². The average molecular weight is 558 g/mol. The van der Waals surface area contributed by atoms with E-state index in [0.717, 1.165) is 4.31 Å². The Morgan fingerprint density at radius 3 is 2.24 bits per heavy atom. The Balaban J connectivity index is 2.05. The smallest absolute Gasteiger partial charge is 0.264 e. The van der Waals surface area contributed by atoms with Gasteiger partial charge in [0.25, 0.3) is 10.0 Å². The standard InChI is InChI=1S/C28H32ClN3O5S/c1-20(2)30-28(34)21(3)31(18-22-11-8-9-16-26(22)29)27(33)19-32(23-12-10-13-24(17-23)37-4)38(35,36)25-14-6-5-7-15-25/h5-17,20-21H,18-19H2,1-4H3,(H,30,34)/t21-/m0/s1. The second-order valence-corrected chi connectivity index (χ2v) is 11.2. The lowest BCUT2D eigenvalue weighted by atomic mass is 10.1. The highest BCUT2D eigenvalue weighted by atomic mass is 35.5. The maximum absolute atomic E-state index is 13.9. The molecule has 0 aliphatic rings. The van der Waals surface area contributed by atoms with Crippen molar-refractivity contribution in [2.24, 2.45) is 0 Å². The van der Waals surface area contributed by atoms with Crippen molar-refractivity contribution < 1.29 is 22.7 Å². The first kappa shape index (κ1) is 29.0. The number of rotatable bonds is 11. The summed E-state index contributed by atoms with van der Waals surface area (Å²) in [7, 11) is -2.68. The van der Waals surface area contributed by atoms with E-state index in [9.17, 15) is 18.0 Å². The number of nitrogens with one attached hydrogen (secondary N) is 1. The van der Waals surface area contributed by atoms with Crippen molar-refractivity contribution in [1.82, 2.24) is 10.2 Å². The quantitative estimate of drug-likeness (QED) is 0.375. The van der Waals surface area contributed by atoms with Crippen LogP contribution in [0.1, 0.15) is 26.3 Å². The molecule has 202 valence electrons. The van der Waals surface area contributed by atoms with Crippen molar-refractivity contribution >= 4 is 39.1 Å². The Labute approximate surface area is 229 Å². The summed E-state index contributed by atoms with van der Waals surface area (Å²) in [4.78, 5) is 28.2. The number of anilines is 1. The van der Waals surface area contributed by atoms with Crippen molar-refractivity contribution in [2.75, 3.05) is 18.0 Å². The molecule has 0 aliphatic carbocycles. The molecule has 0 aromatic heterocycles. The number of halogens is 1. The molecule has 38 heavy (non-hydrogen) atoms. The minimum absolute atomic E-state index is 0.0164. The van der Waals surface area contributed by atoms with Gasteiger partial charge in [-0.15, -0.1) is 0 Å². The third kappa shape index (κ3) is 7.05. The molecular formula is C28H32ClN3O5S. The molecule has 0 radical (unpaired) electrons. The fraction of sp³-hybridized carbons (Fsp3) is 0.286. The Morgan fingerprint density at radius 2 is 1.61 bits per heavy atom. The molecule has 0 saturated carbocycles. The van der Waals surface area contributed by atoms with E-state index < -0.39 is 28.5 Å². The van der Waals surface area contributed by atoms with Gasteiger partial charge in [-0.3, -0.25) is 13.9 Å². The van der Waals surface area contributed by atoms with E-state index in [-0.39, 0.29) is 29.1 Å². The molecule has 3 aromatic rings. The van der Waals surface area contributed by atoms with Gasteiger partial charge in [0, 0.05) is 23.7 Å². The molecule has 8 nitrogen and oxygen atoms in total. The highest BCUT2D eigenvalue weighted by Gasteiger charge is 2.33. The van der Waals surface area contributed by atoms with Crippen molar-refractivity contribution in [1.29, 1.82) is 0 Å². The molecule has 0 bridgehead atoms. The molecular weight excluding hydrogens is 526 g/mol. The van der Waals surface area contributed by atoms with Gasteiger partial charge in [0.05, 0.1) is 17.7 Å². The number of carbonyl (C=O) groups is 2. The van der Waals surface area contributed by atoms with Gasteiger partial charge >= 0.3 is 0 Å². The lowest BCUT2D eigenvalue weighted by molar-refractivity contribution is -0.139. The Bertz CT molecular complexity index is 1370. The third-order valence-corrected chi connectivity index (χ3v) is 8.00. The van der Waals surface area contributed by atoms with Gasteiger partial charge in [-0.25, -0.2) is 8.42 Å². The molecule has 2 amide bonds. The number of hydrogen-bond acceptors (Lipinski definition) is 5. The van der Waals surface area contributed by atoms with Crippen LogP contribution in [0.4, 0.5) is 5.69 Å². The Morgan fingerprint density at radius 1 is 0.947 bits per heavy atom. The lowest BCUT2D eigenvalue weighted by Crippen LogP contribution is -2.52. The molecule has 3 rings (SSSR count). The predicted octanol–water partition coefficient (Wildman–Crippen LogP) is 4.49. The fourth-order valence-corrected chi connectivity index (χ4v) is 5.43. The number of benzene rings is 3. The number of nitrogens with zero attached hydrogens (tertiary/aromatic N) is 2. The Hall–Kier alpha value is -3.56. The third-order valence-electron chi connectivity index (χ3n) is 5.85. The maximum Gasteiger partial charge on any atom is 0.264 e. The van der Waals surface area contributed by atoms with Crippen LogP contribution in [0.25, 0.3) is 0 Å². The van der Waals surface area contributed by atoms with Gasteiger partial charge < -0.3 is 15.0 Å². The number of amides is 2. The first-order chi connectivity index (χ1) is 18.0. The molecule has 0 aliphatic heterocycles. The van der Waals surface area contributed by atoms with E-state index in [2.05, 4.69) is 5.32 Å². The normalized spacial score (nSPS) is 12.1. The monoisotopic (exact) mass is 557 g/mol. The summed E-state index contributed by atoms with van der Waals surface area (Å²) in [6.45, 7) is 4.72. The van der Waals surface area contributed by atoms with Crippen LogP contribution in [0.5, 0.6) is 5.75 Å². The molecule has 10 heteroatoms. The van der Waals surface area contributed by atoms with Gasteiger partial charge in [-0.1, -0.05) is 54.1 Å². The molecule has 0 unspecified atom stereocenters. The molecule has 0 spiro atoms. The zero-order valence-corrected chi connectivity index (χ0v) is 23.4. The van der Waals surface area contributed by atoms with E-state index in [1.807, 2.05) is 13.8 Å². The average Bonchev–Trinajstić information content (AvgIpc) is 2.90. The summed E-state index contributed by atoms with van der Waals surface area (Å²) >= 11 is 6.37. The van der Waals surface area contributed by atoms with Crippen molar-refractivity contribution in [2.45, 2.75) is 44.3 Å². The first-order valence-corrected chi connectivity index (χ1v) is 13.9. The number of ether oxygens (including phenoxy) is 1. The van der Waals surface area contributed by atoms with Crippen molar-refractivity contribution in [3.63, 3.8) is 0 Å². The molecule has 1 atom stereocenters. The fourth-order valence-electron chi connectivity index (χ4n) is 3.81. The molecule has 0 fully saturated rings. The van der Waals surface area contributed by atoms with Crippen molar-refractivity contribution in [3.8, 4) is 5.75 Å². The van der Waals surface area contributed by atoms with Crippen LogP contribution in [0, 0.1) is 0 Å². The van der Waals surface area contributed by atoms with Gasteiger partial charge in [0.1, 0.15) is 18.3 Å². The molecule has 1 N–H and O–H groups in total. The first-order valence-electron chi connectivity index (χ1n) is 12.1. The van der Waals surface area contributed by atoms with E-state index in [0.29, 0.717) is 16.3 Å². The Kier molecular flexibility index (Phi) is 9.77. The summed E-state index contributed by atoms with van der Waals surface area (Å²) in [6.07, 6.45) is 0. The minimum Gasteiger partial charge on any atom is -0.497 e. The molecule has 3 aromatic carbocycles. The van der Waals surface area contributed by atoms with Crippen molar-refractivity contribution in [3.05, 3.63) is 89.4 Å². The lowest BCUT2D eigenvalue weighted by Gasteiger charge is -2.32. The van der Waals surface area contributed by atoms with Crippen LogP contribution in [0.2, 0.25) is 5.02 Å². The minimum atomic E-state index is -4.15. The van der Waals surface area contributed by atoms with Crippen LogP contribution in [-0.2, 0) is 26.2 Å².